The molecule has 0 fully saturated rings. The van der Waals surface area contributed by atoms with Gasteiger partial charge in [-0.2, -0.15) is 22.0 Å². The Morgan fingerprint density at radius 2 is 1.42 bits per heavy atom. The number of alkyl halides is 5. The largest absolute Gasteiger partial charge is 0.461 e. The summed E-state index contributed by atoms with van der Waals surface area (Å²) in [6, 6.07) is 9.78. The standard InChI is InChI=1S/C13H7F5O/c14-12(15,13(16,17)18)11(19)10-6-5-8-3-1-2-4-9(8)7-10/h1-7H. The Balaban J connectivity index is 2.48. The van der Waals surface area contributed by atoms with Crippen molar-refractivity contribution < 1.29 is 26.7 Å². The lowest BCUT2D eigenvalue weighted by atomic mass is 10.0. The highest BCUT2D eigenvalue weighted by Crippen LogP contribution is 2.38. The lowest BCUT2D eigenvalue weighted by molar-refractivity contribution is -0.255. The van der Waals surface area contributed by atoms with Crippen LogP contribution in [0.1, 0.15) is 10.4 Å². The summed E-state index contributed by atoms with van der Waals surface area (Å²) in [5.74, 6) is -7.62. The van der Waals surface area contributed by atoms with Gasteiger partial charge in [-0.3, -0.25) is 4.79 Å². The molecule has 0 spiro atoms. The van der Waals surface area contributed by atoms with Crippen LogP contribution in [0.25, 0.3) is 10.8 Å². The molecule has 0 heterocycles. The molecule has 0 aliphatic heterocycles. The Hall–Kier alpha value is -1.98. The van der Waals surface area contributed by atoms with Gasteiger partial charge in [0.2, 0.25) is 5.78 Å². The van der Waals surface area contributed by atoms with E-state index < -0.39 is 23.4 Å². The summed E-state index contributed by atoms with van der Waals surface area (Å²) in [6.45, 7) is 0. The van der Waals surface area contributed by atoms with Crippen molar-refractivity contribution in [2.24, 2.45) is 0 Å². The van der Waals surface area contributed by atoms with Gasteiger partial charge >= 0.3 is 12.1 Å². The lowest BCUT2D eigenvalue weighted by Gasteiger charge is -2.18. The maximum absolute atomic E-state index is 12.9. The average molecular weight is 274 g/mol. The van der Waals surface area contributed by atoms with E-state index >= 15 is 0 Å². The molecule has 0 saturated carbocycles. The molecule has 0 aliphatic rings. The van der Waals surface area contributed by atoms with Crippen molar-refractivity contribution in [2.45, 2.75) is 12.1 Å². The fourth-order valence-corrected chi connectivity index (χ4v) is 1.64. The summed E-state index contributed by atoms with van der Waals surface area (Å²) < 4.78 is 62.2. The van der Waals surface area contributed by atoms with E-state index in [1.165, 1.54) is 12.1 Å². The second kappa shape index (κ2) is 4.29. The summed E-state index contributed by atoms with van der Waals surface area (Å²) in [5.41, 5.74) is -0.666. The number of carbonyl (C=O) groups excluding carboxylic acids is 1. The van der Waals surface area contributed by atoms with Crippen LogP contribution < -0.4 is 0 Å². The van der Waals surface area contributed by atoms with Crippen LogP contribution in [-0.4, -0.2) is 17.9 Å². The minimum absolute atomic E-state index is 0.423. The first-order valence-corrected chi connectivity index (χ1v) is 5.21. The number of benzene rings is 2. The van der Waals surface area contributed by atoms with Crippen LogP contribution in [0.3, 0.4) is 0 Å². The van der Waals surface area contributed by atoms with Crippen molar-refractivity contribution in [1.82, 2.24) is 0 Å². The van der Waals surface area contributed by atoms with Crippen molar-refractivity contribution in [3.63, 3.8) is 0 Å². The van der Waals surface area contributed by atoms with Gasteiger partial charge in [0.1, 0.15) is 0 Å². The second-order valence-corrected chi connectivity index (χ2v) is 3.96. The maximum Gasteiger partial charge on any atom is 0.461 e. The highest BCUT2D eigenvalue weighted by Gasteiger charge is 2.63. The van der Waals surface area contributed by atoms with Crippen LogP contribution in [-0.2, 0) is 0 Å². The third-order valence-electron chi connectivity index (χ3n) is 2.65. The first-order chi connectivity index (χ1) is 8.73. The van der Waals surface area contributed by atoms with E-state index in [0.717, 1.165) is 12.1 Å². The second-order valence-electron chi connectivity index (χ2n) is 3.96. The molecule has 1 nitrogen and oxygen atoms in total. The van der Waals surface area contributed by atoms with E-state index in [1.807, 2.05) is 0 Å². The number of hydrogen-bond acceptors (Lipinski definition) is 1. The third kappa shape index (κ3) is 2.30. The van der Waals surface area contributed by atoms with E-state index in [1.54, 1.807) is 18.2 Å². The predicted octanol–water partition coefficient (Wildman–Crippen LogP) is 4.22. The molecular weight excluding hydrogens is 267 g/mol. The van der Waals surface area contributed by atoms with Gasteiger partial charge in [-0.25, -0.2) is 0 Å². The van der Waals surface area contributed by atoms with Gasteiger partial charge in [-0.15, -0.1) is 0 Å². The number of halogens is 5. The van der Waals surface area contributed by atoms with Crippen LogP contribution in [0.2, 0.25) is 0 Å². The molecule has 0 bridgehead atoms. The molecule has 0 N–H and O–H groups in total. The Kier molecular flexibility index (Phi) is 3.04. The van der Waals surface area contributed by atoms with Crippen molar-refractivity contribution >= 4 is 16.6 Å². The molecule has 0 unspecified atom stereocenters. The van der Waals surface area contributed by atoms with E-state index in [2.05, 4.69) is 0 Å². The Morgan fingerprint density at radius 3 is 2.00 bits per heavy atom. The van der Waals surface area contributed by atoms with Crippen LogP contribution in [0.15, 0.2) is 42.5 Å². The molecule has 19 heavy (non-hydrogen) atoms. The number of carbonyl (C=O) groups is 1. The van der Waals surface area contributed by atoms with Crippen LogP contribution in [0.4, 0.5) is 22.0 Å². The van der Waals surface area contributed by atoms with Gasteiger partial charge in [0.15, 0.2) is 0 Å². The molecule has 0 aromatic heterocycles. The summed E-state index contributed by atoms with van der Waals surface area (Å²) in [5, 5.41) is 1.07. The molecule has 0 atom stereocenters. The van der Waals surface area contributed by atoms with Gasteiger partial charge in [0.25, 0.3) is 0 Å². The summed E-state index contributed by atoms with van der Waals surface area (Å²) in [4.78, 5) is 11.3. The smallest absolute Gasteiger partial charge is 0.287 e. The molecule has 0 saturated heterocycles. The van der Waals surface area contributed by atoms with Crippen molar-refractivity contribution in [3.05, 3.63) is 48.0 Å². The van der Waals surface area contributed by atoms with E-state index in [4.69, 9.17) is 0 Å². The summed E-state index contributed by atoms with van der Waals surface area (Å²) >= 11 is 0. The molecule has 6 heteroatoms. The van der Waals surface area contributed by atoms with Gasteiger partial charge in [-0.05, 0) is 16.8 Å². The average Bonchev–Trinajstić information content (AvgIpc) is 2.36. The van der Waals surface area contributed by atoms with Crippen molar-refractivity contribution in [1.29, 1.82) is 0 Å². The third-order valence-corrected chi connectivity index (χ3v) is 2.65. The number of Topliss-reactive ketones (excluding diaryl/α,β-unsaturated/α-hetero) is 1. The molecule has 0 radical (unpaired) electrons. The summed E-state index contributed by atoms with van der Waals surface area (Å²) in [7, 11) is 0. The van der Waals surface area contributed by atoms with E-state index in [-0.39, 0.29) is 0 Å². The zero-order valence-corrected chi connectivity index (χ0v) is 9.34. The minimum atomic E-state index is -5.89. The molecule has 2 aromatic carbocycles. The lowest BCUT2D eigenvalue weighted by Crippen LogP contribution is -2.44. The highest BCUT2D eigenvalue weighted by molar-refractivity contribution is 6.04. The Morgan fingerprint density at radius 1 is 0.842 bits per heavy atom. The topological polar surface area (TPSA) is 17.1 Å². The van der Waals surface area contributed by atoms with Gasteiger partial charge in [0, 0.05) is 5.56 Å². The SMILES string of the molecule is O=C(c1ccc2ccccc2c1)C(F)(F)C(F)(F)F. The zero-order valence-electron chi connectivity index (χ0n) is 9.34. The van der Waals surface area contributed by atoms with Crippen molar-refractivity contribution in [3.8, 4) is 0 Å². The number of hydrogen-bond donors (Lipinski definition) is 0. The molecule has 2 rings (SSSR count). The van der Waals surface area contributed by atoms with Gasteiger partial charge in [0.05, 0.1) is 0 Å². The Labute approximate surface area is 104 Å². The quantitative estimate of drug-likeness (QED) is 0.592. The molecule has 100 valence electrons. The molecule has 0 aliphatic carbocycles. The zero-order chi connectivity index (χ0) is 14.3. The van der Waals surface area contributed by atoms with E-state index in [0.29, 0.717) is 10.8 Å². The fraction of sp³-hybridized carbons (Fsp3) is 0.154. The maximum atomic E-state index is 12.9. The number of fused-ring (bicyclic) bond motifs is 1. The van der Waals surface area contributed by atoms with Crippen LogP contribution in [0, 0.1) is 0 Å². The molecule has 0 amide bonds. The first-order valence-electron chi connectivity index (χ1n) is 5.21. The minimum Gasteiger partial charge on any atom is -0.287 e. The van der Waals surface area contributed by atoms with Crippen LogP contribution >= 0.6 is 0 Å². The number of ketones is 1. The predicted molar refractivity (Wildman–Crippen MR) is 59.3 cm³/mol. The van der Waals surface area contributed by atoms with Crippen molar-refractivity contribution in [2.75, 3.05) is 0 Å². The Bertz CT molecular complexity index is 630. The first kappa shape index (κ1) is 13.5. The molecular formula is C13H7F5O. The van der Waals surface area contributed by atoms with E-state index in [9.17, 15) is 26.7 Å². The molecule has 2 aromatic rings. The summed E-state index contributed by atoms with van der Waals surface area (Å²) in [6.07, 6.45) is -5.89. The van der Waals surface area contributed by atoms with Gasteiger partial charge in [-0.1, -0.05) is 36.4 Å². The monoisotopic (exact) mass is 274 g/mol. The number of rotatable bonds is 2. The van der Waals surface area contributed by atoms with Crippen LogP contribution in [0.5, 0.6) is 0 Å². The van der Waals surface area contributed by atoms with Gasteiger partial charge < -0.3 is 0 Å². The highest BCUT2D eigenvalue weighted by atomic mass is 19.4. The fourth-order valence-electron chi connectivity index (χ4n) is 1.64. The normalized spacial score (nSPS) is 12.7.